The van der Waals surface area contributed by atoms with Crippen LogP contribution >= 0.6 is 0 Å². The molecule has 1 amide bonds. The monoisotopic (exact) mass is 234 g/mol. The molecule has 1 heterocycles. The van der Waals surface area contributed by atoms with Crippen LogP contribution in [0.4, 0.5) is 10.1 Å². The molecule has 0 aliphatic heterocycles. The number of hydrogen-bond donors (Lipinski definition) is 2. The van der Waals surface area contributed by atoms with Crippen LogP contribution in [-0.4, -0.2) is 21.1 Å². The number of aromatic amines is 1. The summed E-state index contributed by atoms with van der Waals surface area (Å²) in [5, 5.41) is 8.89. The average molecular weight is 234 g/mol. The number of rotatable bonds is 2. The molecule has 17 heavy (non-hydrogen) atoms. The van der Waals surface area contributed by atoms with Gasteiger partial charge in [0.25, 0.3) is 5.91 Å². The number of carbonyl (C=O) groups excluding carboxylic acids is 1. The van der Waals surface area contributed by atoms with E-state index in [0.29, 0.717) is 17.1 Å². The molecule has 0 unspecified atom stereocenters. The Morgan fingerprint density at radius 2 is 2.18 bits per heavy atom. The second-order valence-electron chi connectivity index (χ2n) is 3.66. The molecule has 0 fully saturated rings. The predicted octanol–water partition coefficient (Wildman–Crippen LogP) is 1.81. The topological polar surface area (TPSA) is 70.7 Å². The minimum Gasteiger partial charge on any atom is -0.319 e. The molecule has 2 rings (SSSR count). The lowest BCUT2D eigenvalue weighted by molar-refractivity contribution is 0.101. The van der Waals surface area contributed by atoms with Gasteiger partial charge in [-0.3, -0.25) is 9.89 Å². The molecule has 1 aromatic heterocycles. The first-order valence-electron chi connectivity index (χ1n) is 5.03. The largest absolute Gasteiger partial charge is 0.319 e. The van der Waals surface area contributed by atoms with Crippen molar-refractivity contribution in [1.29, 1.82) is 0 Å². The fraction of sp³-hybridized carbons (Fsp3) is 0.182. The van der Waals surface area contributed by atoms with E-state index in [1.807, 2.05) is 0 Å². The van der Waals surface area contributed by atoms with Gasteiger partial charge in [0.1, 0.15) is 11.6 Å². The highest BCUT2D eigenvalue weighted by molar-refractivity contribution is 6.01. The van der Waals surface area contributed by atoms with Crippen LogP contribution in [0.15, 0.2) is 18.2 Å². The first kappa shape index (κ1) is 11.3. The molecule has 2 aromatic rings. The Labute approximate surface area is 97.1 Å². The van der Waals surface area contributed by atoms with Crippen LogP contribution in [0, 0.1) is 19.7 Å². The van der Waals surface area contributed by atoms with E-state index < -0.39 is 5.91 Å². The van der Waals surface area contributed by atoms with E-state index in [-0.39, 0.29) is 11.6 Å². The van der Waals surface area contributed by atoms with Crippen molar-refractivity contribution < 1.29 is 9.18 Å². The van der Waals surface area contributed by atoms with E-state index in [1.165, 1.54) is 12.1 Å². The Balaban J connectivity index is 2.15. The average Bonchev–Trinajstić information content (AvgIpc) is 2.70. The summed E-state index contributed by atoms with van der Waals surface area (Å²) in [6.07, 6.45) is 0. The molecule has 0 bridgehead atoms. The lowest BCUT2D eigenvalue weighted by Crippen LogP contribution is -2.14. The van der Waals surface area contributed by atoms with Gasteiger partial charge in [-0.2, -0.15) is 0 Å². The van der Waals surface area contributed by atoms with Crippen LogP contribution in [0.3, 0.4) is 0 Å². The number of benzene rings is 1. The molecule has 0 aliphatic carbocycles. The third kappa shape index (κ3) is 2.47. The summed E-state index contributed by atoms with van der Waals surface area (Å²) >= 11 is 0. The number of H-pyrrole nitrogens is 1. The molecule has 0 atom stereocenters. The van der Waals surface area contributed by atoms with Crippen molar-refractivity contribution in [2.75, 3.05) is 5.32 Å². The van der Waals surface area contributed by atoms with Gasteiger partial charge >= 0.3 is 0 Å². The Hall–Kier alpha value is -2.24. The van der Waals surface area contributed by atoms with Gasteiger partial charge < -0.3 is 5.32 Å². The lowest BCUT2D eigenvalue weighted by Gasteiger charge is -2.04. The van der Waals surface area contributed by atoms with Crippen LogP contribution in [0.2, 0.25) is 0 Å². The Bertz CT molecular complexity index is 564. The number of aryl methyl sites for hydroxylation is 2. The zero-order valence-corrected chi connectivity index (χ0v) is 9.41. The molecule has 5 nitrogen and oxygen atoms in total. The number of halogens is 1. The number of anilines is 1. The van der Waals surface area contributed by atoms with Gasteiger partial charge in [0.15, 0.2) is 0 Å². The van der Waals surface area contributed by atoms with Crippen LogP contribution < -0.4 is 5.32 Å². The number of aromatic nitrogens is 3. The molecule has 0 aliphatic rings. The standard InChI is InChI=1S/C11H11FN4O/c1-6-5-8(3-4-9(6)12)14-11(17)10-13-7(2)15-16-10/h3-5H,1-2H3,(H,14,17)(H,13,15,16). The summed E-state index contributed by atoms with van der Waals surface area (Å²) in [5.41, 5.74) is 0.977. The third-order valence-electron chi connectivity index (χ3n) is 2.22. The minimum absolute atomic E-state index is 0.0597. The lowest BCUT2D eigenvalue weighted by atomic mass is 10.2. The summed E-state index contributed by atoms with van der Waals surface area (Å²) < 4.78 is 13.0. The van der Waals surface area contributed by atoms with Gasteiger partial charge in [-0.1, -0.05) is 0 Å². The van der Waals surface area contributed by atoms with Crippen LogP contribution in [0.25, 0.3) is 0 Å². The molecule has 0 spiro atoms. The molecule has 6 heteroatoms. The summed E-state index contributed by atoms with van der Waals surface area (Å²) in [5.74, 6) is -0.119. The van der Waals surface area contributed by atoms with Gasteiger partial charge in [-0.25, -0.2) is 9.37 Å². The number of hydrogen-bond acceptors (Lipinski definition) is 3. The van der Waals surface area contributed by atoms with Crippen molar-refractivity contribution in [2.24, 2.45) is 0 Å². The minimum atomic E-state index is -0.430. The quantitative estimate of drug-likeness (QED) is 0.832. The van der Waals surface area contributed by atoms with Gasteiger partial charge in [0.2, 0.25) is 5.82 Å². The number of amides is 1. The van der Waals surface area contributed by atoms with Crippen molar-refractivity contribution in [3.63, 3.8) is 0 Å². The van der Waals surface area contributed by atoms with E-state index in [1.54, 1.807) is 19.9 Å². The van der Waals surface area contributed by atoms with Gasteiger partial charge in [0.05, 0.1) is 0 Å². The Morgan fingerprint density at radius 3 is 2.76 bits per heavy atom. The number of carbonyl (C=O) groups is 1. The molecular weight excluding hydrogens is 223 g/mol. The van der Waals surface area contributed by atoms with E-state index in [0.717, 1.165) is 0 Å². The fourth-order valence-corrected chi connectivity index (χ4v) is 1.35. The Kier molecular flexibility index (Phi) is 2.86. The maximum absolute atomic E-state index is 13.0. The number of nitrogens with one attached hydrogen (secondary N) is 2. The van der Waals surface area contributed by atoms with Gasteiger partial charge in [0, 0.05) is 5.69 Å². The van der Waals surface area contributed by atoms with Crippen LogP contribution in [0.1, 0.15) is 22.0 Å². The summed E-state index contributed by atoms with van der Waals surface area (Å²) in [6.45, 7) is 3.33. The van der Waals surface area contributed by atoms with E-state index in [9.17, 15) is 9.18 Å². The van der Waals surface area contributed by atoms with Gasteiger partial charge in [-0.05, 0) is 37.6 Å². The highest BCUT2D eigenvalue weighted by Crippen LogP contribution is 2.14. The second-order valence-corrected chi connectivity index (χ2v) is 3.66. The normalized spacial score (nSPS) is 10.3. The maximum atomic E-state index is 13.0. The smallest absolute Gasteiger partial charge is 0.295 e. The van der Waals surface area contributed by atoms with Crippen molar-refractivity contribution in [3.8, 4) is 0 Å². The van der Waals surface area contributed by atoms with Crippen LogP contribution in [-0.2, 0) is 0 Å². The molecule has 0 saturated carbocycles. The zero-order valence-electron chi connectivity index (χ0n) is 9.41. The SMILES string of the molecule is Cc1nc(C(=O)Nc2ccc(F)c(C)c2)n[nH]1. The summed E-state index contributed by atoms with van der Waals surface area (Å²) in [4.78, 5) is 15.6. The molecule has 88 valence electrons. The van der Waals surface area contributed by atoms with Crippen LogP contribution in [0.5, 0.6) is 0 Å². The highest BCUT2D eigenvalue weighted by atomic mass is 19.1. The van der Waals surface area contributed by atoms with Crippen molar-refractivity contribution in [1.82, 2.24) is 15.2 Å². The molecule has 2 N–H and O–H groups in total. The molecule has 1 aromatic carbocycles. The second kappa shape index (κ2) is 4.32. The third-order valence-corrected chi connectivity index (χ3v) is 2.22. The molecular formula is C11H11FN4O. The van der Waals surface area contributed by atoms with E-state index >= 15 is 0 Å². The maximum Gasteiger partial charge on any atom is 0.295 e. The van der Waals surface area contributed by atoms with Crippen molar-refractivity contribution in [3.05, 3.63) is 41.2 Å². The van der Waals surface area contributed by atoms with Crippen molar-refractivity contribution >= 4 is 11.6 Å². The molecule has 0 saturated heterocycles. The van der Waals surface area contributed by atoms with E-state index in [4.69, 9.17) is 0 Å². The predicted molar refractivity (Wildman–Crippen MR) is 60.2 cm³/mol. The molecule has 0 radical (unpaired) electrons. The number of nitrogens with zero attached hydrogens (tertiary/aromatic N) is 2. The zero-order chi connectivity index (χ0) is 12.4. The first-order valence-corrected chi connectivity index (χ1v) is 5.03. The first-order chi connectivity index (χ1) is 8.06. The summed E-state index contributed by atoms with van der Waals surface area (Å²) in [7, 11) is 0. The highest BCUT2D eigenvalue weighted by Gasteiger charge is 2.11. The Morgan fingerprint density at radius 1 is 1.41 bits per heavy atom. The van der Waals surface area contributed by atoms with Gasteiger partial charge in [-0.15, -0.1) is 5.10 Å². The fourth-order valence-electron chi connectivity index (χ4n) is 1.35. The van der Waals surface area contributed by atoms with Crippen molar-refractivity contribution in [2.45, 2.75) is 13.8 Å². The van der Waals surface area contributed by atoms with E-state index in [2.05, 4.69) is 20.5 Å². The summed E-state index contributed by atoms with van der Waals surface area (Å²) in [6, 6.07) is 4.33.